The maximum absolute atomic E-state index is 11.0. The van der Waals surface area contributed by atoms with E-state index in [4.69, 9.17) is 10.6 Å². The van der Waals surface area contributed by atoms with Gasteiger partial charge in [-0.3, -0.25) is 0 Å². The van der Waals surface area contributed by atoms with Crippen LogP contribution < -0.4 is 10.6 Å². The number of aromatic hydroxyl groups is 1. The minimum Gasteiger partial charge on any atom is -0.508 e. The highest BCUT2D eigenvalue weighted by Gasteiger charge is 2.10. The molecule has 0 bridgehead atoms. The second kappa shape index (κ2) is 5.52. The van der Waals surface area contributed by atoms with E-state index in [2.05, 4.69) is 0 Å². The fraction of sp³-hybridized carbons (Fsp3) is 0.250. The zero-order valence-corrected chi connectivity index (χ0v) is 10.0. The Morgan fingerprint density at radius 3 is 2.83 bits per heavy atom. The SMILES string of the molecule is CC(=O)On1cc(CCN)c2cc(O)ccc21.O. The fourth-order valence-corrected chi connectivity index (χ4v) is 1.82. The van der Waals surface area contributed by atoms with Gasteiger partial charge in [-0.15, -0.1) is 0 Å². The summed E-state index contributed by atoms with van der Waals surface area (Å²) in [5.41, 5.74) is 7.20. The Morgan fingerprint density at radius 2 is 2.22 bits per heavy atom. The first-order valence-corrected chi connectivity index (χ1v) is 5.33. The maximum atomic E-state index is 11.0. The molecular formula is C12H16N2O4. The van der Waals surface area contributed by atoms with E-state index in [0.717, 1.165) is 16.5 Å². The van der Waals surface area contributed by atoms with Gasteiger partial charge in [-0.25, -0.2) is 4.79 Å². The molecule has 0 aliphatic rings. The van der Waals surface area contributed by atoms with Crippen molar-refractivity contribution in [3.8, 4) is 5.75 Å². The molecule has 5 N–H and O–H groups in total. The summed E-state index contributed by atoms with van der Waals surface area (Å²) in [5, 5.41) is 10.3. The second-order valence-corrected chi connectivity index (χ2v) is 3.80. The second-order valence-electron chi connectivity index (χ2n) is 3.80. The summed E-state index contributed by atoms with van der Waals surface area (Å²) in [6, 6.07) is 4.89. The fourth-order valence-electron chi connectivity index (χ4n) is 1.82. The summed E-state index contributed by atoms with van der Waals surface area (Å²) in [5.74, 6) is -0.217. The molecule has 0 aliphatic heterocycles. The molecular weight excluding hydrogens is 236 g/mol. The molecule has 2 aromatic rings. The Labute approximate surface area is 104 Å². The molecule has 0 saturated carbocycles. The number of hydrogen-bond donors (Lipinski definition) is 2. The third-order valence-corrected chi connectivity index (χ3v) is 2.48. The van der Waals surface area contributed by atoms with Gasteiger partial charge in [0, 0.05) is 18.5 Å². The molecule has 98 valence electrons. The normalized spacial score (nSPS) is 10.1. The van der Waals surface area contributed by atoms with Gasteiger partial charge in [-0.1, -0.05) is 0 Å². The smallest absolute Gasteiger partial charge is 0.329 e. The molecule has 0 atom stereocenters. The molecule has 0 spiro atoms. The first-order valence-electron chi connectivity index (χ1n) is 5.33. The first kappa shape index (κ1) is 14.0. The number of phenolic OH excluding ortho intramolecular Hbond substituents is 1. The van der Waals surface area contributed by atoms with E-state index in [1.807, 2.05) is 0 Å². The number of aromatic nitrogens is 1. The Bertz CT molecular complexity index is 562. The van der Waals surface area contributed by atoms with Crippen LogP contribution >= 0.6 is 0 Å². The highest BCUT2D eigenvalue weighted by atomic mass is 16.7. The summed E-state index contributed by atoms with van der Waals surface area (Å²) >= 11 is 0. The molecule has 0 saturated heterocycles. The first-order chi connectivity index (χ1) is 8.11. The standard InChI is InChI=1S/C12H14N2O3.H2O/c1-8(15)17-14-7-9(4-5-13)11-6-10(16)2-3-12(11)14;/h2-3,6-7,16H,4-5,13H2,1H3;1H2. The lowest BCUT2D eigenvalue weighted by molar-refractivity contribution is -0.140. The molecule has 0 radical (unpaired) electrons. The van der Waals surface area contributed by atoms with Crippen molar-refractivity contribution >= 4 is 16.9 Å². The highest BCUT2D eigenvalue weighted by Crippen LogP contribution is 2.25. The quantitative estimate of drug-likeness (QED) is 0.801. The Balaban J connectivity index is 0.00000162. The average Bonchev–Trinajstić information content (AvgIpc) is 2.56. The van der Waals surface area contributed by atoms with E-state index in [9.17, 15) is 9.90 Å². The molecule has 0 fully saturated rings. The van der Waals surface area contributed by atoms with E-state index in [1.165, 1.54) is 11.7 Å². The van der Waals surface area contributed by atoms with Crippen molar-refractivity contribution in [3.05, 3.63) is 30.0 Å². The number of benzene rings is 1. The van der Waals surface area contributed by atoms with Gasteiger partial charge in [0.25, 0.3) is 0 Å². The van der Waals surface area contributed by atoms with E-state index < -0.39 is 5.97 Å². The van der Waals surface area contributed by atoms with Crippen LogP contribution in [0.3, 0.4) is 0 Å². The predicted molar refractivity (Wildman–Crippen MR) is 67.2 cm³/mol. The summed E-state index contributed by atoms with van der Waals surface area (Å²) in [6.45, 7) is 1.84. The van der Waals surface area contributed by atoms with Crippen LogP contribution in [0.5, 0.6) is 5.75 Å². The molecule has 0 unspecified atom stereocenters. The maximum Gasteiger partial charge on any atom is 0.329 e. The Morgan fingerprint density at radius 1 is 1.50 bits per heavy atom. The molecule has 6 heteroatoms. The lowest BCUT2D eigenvalue weighted by Crippen LogP contribution is -2.15. The summed E-state index contributed by atoms with van der Waals surface area (Å²) in [6.07, 6.45) is 2.38. The molecule has 1 heterocycles. The van der Waals surface area contributed by atoms with Crippen LogP contribution in [0.2, 0.25) is 0 Å². The van der Waals surface area contributed by atoms with E-state index in [1.54, 1.807) is 24.4 Å². The number of carbonyl (C=O) groups is 1. The number of fused-ring (bicyclic) bond motifs is 1. The largest absolute Gasteiger partial charge is 0.508 e. The third-order valence-electron chi connectivity index (χ3n) is 2.48. The zero-order valence-electron chi connectivity index (χ0n) is 10.0. The summed E-state index contributed by atoms with van der Waals surface area (Å²) < 4.78 is 1.40. The molecule has 1 aromatic carbocycles. The summed E-state index contributed by atoms with van der Waals surface area (Å²) in [7, 11) is 0. The van der Waals surface area contributed by atoms with Crippen LogP contribution in [0.1, 0.15) is 12.5 Å². The average molecular weight is 252 g/mol. The van der Waals surface area contributed by atoms with Gasteiger partial charge < -0.3 is 21.2 Å². The number of hydrogen-bond acceptors (Lipinski definition) is 4. The van der Waals surface area contributed by atoms with Gasteiger partial charge in [-0.2, -0.15) is 4.73 Å². The van der Waals surface area contributed by atoms with Gasteiger partial charge in [0.05, 0.1) is 5.52 Å². The van der Waals surface area contributed by atoms with Crippen molar-refractivity contribution in [1.82, 2.24) is 4.73 Å². The van der Waals surface area contributed by atoms with E-state index in [-0.39, 0.29) is 11.2 Å². The van der Waals surface area contributed by atoms with Crippen molar-refractivity contribution in [3.63, 3.8) is 0 Å². The molecule has 18 heavy (non-hydrogen) atoms. The van der Waals surface area contributed by atoms with Crippen LogP contribution in [0.4, 0.5) is 0 Å². The lowest BCUT2D eigenvalue weighted by atomic mass is 10.1. The lowest BCUT2D eigenvalue weighted by Gasteiger charge is -2.02. The molecule has 2 rings (SSSR count). The number of carbonyl (C=O) groups excluding carboxylic acids is 1. The third kappa shape index (κ3) is 2.61. The number of rotatable bonds is 3. The number of phenols is 1. The van der Waals surface area contributed by atoms with Crippen LogP contribution in [0.25, 0.3) is 10.9 Å². The van der Waals surface area contributed by atoms with E-state index >= 15 is 0 Å². The predicted octanol–water partition coefficient (Wildman–Crippen LogP) is -0.00150. The molecule has 0 aliphatic carbocycles. The zero-order chi connectivity index (χ0) is 12.4. The van der Waals surface area contributed by atoms with Gasteiger partial charge in [0.1, 0.15) is 5.75 Å². The van der Waals surface area contributed by atoms with Gasteiger partial charge in [0.2, 0.25) is 0 Å². The van der Waals surface area contributed by atoms with Crippen molar-refractivity contribution < 1.29 is 20.2 Å². The Kier molecular flexibility index (Phi) is 4.30. The van der Waals surface area contributed by atoms with E-state index in [0.29, 0.717) is 13.0 Å². The van der Waals surface area contributed by atoms with Crippen molar-refractivity contribution in [2.24, 2.45) is 5.73 Å². The number of nitrogens with zero attached hydrogens (tertiary/aromatic N) is 1. The Hall–Kier alpha value is -2.05. The van der Waals surface area contributed by atoms with Gasteiger partial charge in [0.15, 0.2) is 0 Å². The summed E-state index contributed by atoms with van der Waals surface area (Å²) in [4.78, 5) is 16.0. The van der Waals surface area contributed by atoms with Crippen LogP contribution in [0, 0.1) is 0 Å². The minimum atomic E-state index is -0.394. The van der Waals surface area contributed by atoms with Crippen molar-refractivity contribution in [1.29, 1.82) is 0 Å². The van der Waals surface area contributed by atoms with Gasteiger partial charge >= 0.3 is 5.97 Å². The minimum absolute atomic E-state index is 0. The van der Waals surface area contributed by atoms with Crippen molar-refractivity contribution in [2.45, 2.75) is 13.3 Å². The number of nitrogens with two attached hydrogens (primary N) is 1. The van der Waals surface area contributed by atoms with Crippen molar-refractivity contribution in [2.75, 3.05) is 6.54 Å². The molecule has 1 aromatic heterocycles. The van der Waals surface area contributed by atoms with Gasteiger partial charge in [-0.05, 0) is 36.7 Å². The molecule has 6 nitrogen and oxygen atoms in total. The highest BCUT2D eigenvalue weighted by molar-refractivity contribution is 5.85. The topological polar surface area (TPSA) is 109 Å². The van der Waals surface area contributed by atoms with Crippen LogP contribution in [0.15, 0.2) is 24.4 Å². The van der Waals surface area contributed by atoms with Crippen LogP contribution in [-0.4, -0.2) is 27.8 Å². The monoisotopic (exact) mass is 252 g/mol. The van der Waals surface area contributed by atoms with Crippen LogP contribution in [-0.2, 0) is 11.2 Å². The molecule has 0 amide bonds.